The Morgan fingerprint density at radius 1 is 0.974 bits per heavy atom. The molecule has 1 fully saturated rings. The molecule has 11 heteroatoms. The fourth-order valence-corrected chi connectivity index (χ4v) is 4.96. The van der Waals surface area contributed by atoms with Gasteiger partial charge in [0.25, 0.3) is 5.91 Å². The van der Waals surface area contributed by atoms with Gasteiger partial charge in [-0.25, -0.2) is 13.2 Å². The number of methoxy groups -OCH3 is 1. The highest BCUT2D eigenvalue weighted by atomic mass is 35.5. The maximum Gasteiger partial charge on any atom is 0.254 e. The second-order valence-corrected chi connectivity index (χ2v) is 9.96. The summed E-state index contributed by atoms with van der Waals surface area (Å²) in [5, 5.41) is 8.26. The van der Waals surface area contributed by atoms with Crippen molar-refractivity contribution in [3.05, 3.63) is 93.5 Å². The number of halogens is 4. The van der Waals surface area contributed by atoms with Crippen LogP contribution in [-0.2, 0) is 19.7 Å². The molecule has 0 atom stereocenters. The van der Waals surface area contributed by atoms with Crippen molar-refractivity contribution in [3.63, 3.8) is 0 Å². The van der Waals surface area contributed by atoms with Gasteiger partial charge in [-0.2, -0.15) is 0 Å². The summed E-state index contributed by atoms with van der Waals surface area (Å²) >= 11 is 5.68. The molecule has 0 saturated heterocycles. The number of nitrogens with zero attached hydrogens (tertiary/aromatic N) is 4. The van der Waals surface area contributed by atoms with Crippen molar-refractivity contribution in [1.82, 2.24) is 19.7 Å². The standard InChI is InChI=1S/C28H22ClF3N4O3/c1-38-19-6-2-15(3-7-19)12-35-13-16-8-21(22(30)11-20(16)28(35)37)27-34-33-25(36(27)18-4-5-18)14-39-26-23(31)9-17(29)10-24(26)32/h2-3,6-11,18H,4-5,12-14H2,1H3. The molecule has 2 heterocycles. The Labute approximate surface area is 226 Å². The highest BCUT2D eigenvalue weighted by Gasteiger charge is 2.34. The van der Waals surface area contributed by atoms with Crippen LogP contribution < -0.4 is 9.47 Å². The van der Waals surface area contributed by atoms with Crippen molar-refractivity contribution in [3.8, 4) is 22.9 Å². The second kappa shape index (κ2) is 9.92. The molecule has 3 aromatic carbocycles. The van der Waals surface area contributed by atoms with E-state index in [1.165, 1.54) is 6.07 Å². The van der Waals surface area contributed by atoms with Crippen LogP contribution >= 0.6 is 11.6 Å². The summed E-state index contributed by atoms with van der Waals surface area (Å²) < 4.78 is 56.1. The Morgan fingerprint density at radius 2 is 1.69 bits per heavy atom. The summed E-state index contributed by atoms with van der Waals surface area (Å²) in [5.41, 5.74) is 2.10. The monoisotopic (exact) mass is 554 g/mol. The molecule has 200 valence electrons. The lowest BCUT2D eigenvalue weighted by Crippen LogP contribution is -2.23. The van der Waals surface area contributed by atoms with Crippen LogP contribution in [0.15, 0.2) is 48.5 Å². The zero-order valence-electron chi connectivity index (χ0n) is 20.8. The predicted octanol–water partition coefficient (Wildman–Crippen LogP) is 6.09. The van der Waals surface area contributed by atoms with Gasteiger partial charge in [0.15, 0.2) is 29.0 Å². The minimum Gasteiger partial charge on any atom is -0.497 e. The predicted molar refractivity (Wildman–Crippen MR) is 136 cm³/mol. The van der Waals surface area contributed by atoms with E-state index in [4.69, 9.17) is 21.1 Å². The largest absolute Gasteiger partial charge is 0.497 e. The average Bonchev–Trinajstić information content (AvgIpc) is 3.60. The van der Waals surface area contributed by atoms with Crippen molar-refractivity contribution >= 4 is 17.5 Å². The van der Waals surface area contributed by atoms with Crippen molar-refractivity contribution in [2.45, 2.75) is 38.6 Å². The first-order valence-electron chi connectivity index (χ1n) is 12.3. The van der Waals surface area contributed by atoms with Crippen molar-refractivity contribution < 1.29 is 27.4 Å². The number of amides is 1. The zero-order chi connectivity index (χ0) is 27.3. The molecule has 1 aromatic heterocycles. The number of benzene rings is 3. The zero-order valence-corrected chi connectivity index (χ0v) is 21.5. The third-order valence-corrected chi connectivity index (χ3v) is 7.05. The number of hydrogen-bond donors (Lipinski definition) is 0. The molecule has 0 spiro atoms. The van der Waals surface area contributed by atoms with Crippen LogP contribution in [0, 0.1) is 17.5 Å². The first-order chi connectivity index (χ1) is 18.8. The number of carbonyl (C=O) groups excluding carboxylic acids is 1. The number of fused-ring (bicyclic) bond motifs is 1. The van der Waals surface area contributed by atoms with Crippen LogP contribution in [0.3, 0.4) is 0 Å². The topological polar surface area (TPSA) is 69.5 Å². The van der Waals surface area contributed by atoms with Gasteiger partial charge >= 0.3 is 0 Å². The maximum absolute atomic E-state index is 15.4. The summed E-state index contributed by atoms with van der Waals surface area (Å²) in [6.07, 6.45) is 1.64. The molecule has 1 aliphatic heterocycles. The van der Waals surface area contributed by atoms with Crippen molar-refractivity contribution in [2.24, 2.45) is 0 Å². The highest BCUT2D eigenvalue weighted by Crippen LogP contribution is 2.41. The number of aromatic nitrogens is 3. The molecule has 4 aromatic rings. The maximum atomic E-state index is 15.4. The Balaban J connectivity index is 1.26. The quantitative estimate of drug-likeness (QED) is 0.263. The van der Waals surface area contributed by atoms with Crippen LogP contribution in [-0.4, -0.2) is 32.7 Å². The summed E-state index contributed by atoms with van der Waals surface area (Å²) in [5.74, 6) is -2.02. The first kappa shape index (κ1) is 25.2. The van der Waals surface area contributed by atoms with Crippen molar-refractivity contribution in [2.75, 3.05) is 7.11 Å². The van der Waals surface area contributed by atoms with Gasteiger partial charge in [-0.05, 0) is 60.4 Å². The minimum absolute atomic E-state index is 0.00867. The molecule has 0 N–H and O–H groups in total. The summed E-state index contributed by atoms with van der Waals surface area (Å²) in [4.78, 5) is 14.7. The van der Waals surface area contributed by atoms with Gasteiger partial charge in [0.2, 0.25) is 0 Å². The number of rotatable bonds is 8. The van der Waals surface area contributed by atoms with E-state index in [9.17, 15) is 13.6 Å². The smallest absolute Gasteiger partial charge is 0.254 e. The van der Waals surface area contributed by atoms with Crippen molar-refractivity contribution in [1.29, 1.82) is 0 Å². The third-order valence-electron chi connectivity index (χ3n) is 6.83. The third kappa shape index (κ3) is 4.80. The van der Waals surface area contributed by atoms with Gasteiger partial charge in [0.05, 0.1) is 12.7 Å². The summed E-state index contributed by atoms with van der Waals surface area (Å²) in [6, 6.07) is 12.2. The van der Waals surface area contributed by atoms with Gasteiger partial charge in [-0.15, -0.1) is 10.2 Å². The number of hydrogen-bond acceptors (Lipinski definition) is 5. The average molecular weight is 555 g/mol. The molecule has 7 nitrogen and oxygen atoms in total. The Hall–Kier alpha value is -4.05. The van der Waals surface area contributed by atoms with E-state index in [2.05, 4.69) is 10.2 Å². The molecular weight excluding hydrogens is 533 g/mol. The highest BCUT2D eigenvalue weighted by molar-refractivity contribution is 6.30. The van der Waals surface area contributed by atoms with E-state index < -0.39 is 23.2 Å². The van der Waals surface area contributed by atoms with E-state index in [1.807, 2.05) is 24.3 Å². The SMILES string of the molecule is COc1ccc(CN2Cc3cc(-c4nnc(COc5c(F)cc(Cl)cc5F)n4C4CC4)c(F)cc3C2=O)cc1. The minimum atomic E-state index is -0.939. The van der Waals surface area contributed by atoms with Gasteiger partial charge in [0.1, 0.15) is 18.2 Å². The van der Waals surface area contributed by atoms with Crippen LogP contribution in [0.4, 0.5) is 13.2 Å². The fourth-order valence-electron chi connectivity index (χ4n) is 4.77. The molecule has 0 radical (unpaired) electrons. The molecule has 1 saturated carbocycles. The van der Waals surface area contributed by atoms with Gasteiger partial charge < -0.3 is 18.9 Å². The fraction of sp³-hybridized carbons (Fsp3) is 0.250. The summed E-state index contributed by atoms with van der Waals surface area (Å²) in [7, 11) is 1.58. The molecule has 1 aliphatic carbocycles. The molecule has 1 amide bonds. The van der Waals surface area contributed by atoms with Gasteiger partial charge in [0, 0.05) is 29.7 Å². The van der Waals surface area contributed by atoms with Gasteiger partial charge in [-0.3, -0.25) is 4.79 Å². The van der Waals surface area contributed by atoms with E-state index >= 15 is 4.39 Å². The Morgan fingerprint density at radius 3 is 2.36 bits per heavy atom. The molecule has 0 unspecified atom stereocenters. The lowest BCUT2D eigenvalue weighted by molar-refractivity contribution is 0.0766. The molecule has 0 bridgehead atoms. The molecule has 6 rings (SSSR count). The van der Waals surface area contributed by atoms with E-state index in [0.29, 0.717) is 30.0 Å². The van der Waals surface area contributed by atoms with Crippen LogP contribution in [0.5, 0.6) is 11.5 Å². The van der Waals surface area contributed by atoms with E-state index in [1.54, 1.807) is 22.6 Å². The Kier molecular flexibility index (Phi) is 6.42. The number of ether oxygens (including phenoxy) is 2. The molecular formula is C28H22ClF3N4O3. The van der Waals surface area contributed by atoms with Crippen LogP contribution in [0.25, 0.3) is 11.4 Å². The van der Waals surface area contributed by atoms with Gasteiger partial charge in [-0.1, -0.05) is 23.7 Å². The van der Waals surface area contributed by atoms with Crippen LogP contribution in [0.2, 0.25) is 5.02 Å². The normalized spacial score (nSPS) is 14.6. The molecule has 2 aliphatic rings. The number of carbonyl (C=O) groups is 1. The molecule has 39 heavy (non-hydrogen) atoms. The first-order valence-corrected chi connectivity index (χ1v) is 12.7. The summed E-state index contributed by atoms with van der Waals surface area (Å²) in [6.45, 7) is 0.405. The van der Waals surface area contributed by atoms with E-state index in [0.717, 1.165) is 36.3 Å². The lowest BCUT2D eigenvalue weighted by atomic mass is 10.0. The van der Waals surface area contributed by atoms with E-state index in [-0.39, 0.29) is 35.0 Å². The Bertz CT molecular complexity index is 1560. The van der Waals surface area contributed by atoms with Crippen LogP contribution in [0.1, 0.15) is 46.2 Å². The lowest BCUT2D eigenvalue weighted by Gasteiger charge is -2.15. The second-order valence-electron chi connectivity index (χ2n) is 9.53.